The molecule has 3 amide bonds. The molecule has 1 aromatic carbocycles. The standard InChI is InChI=1S/C21H23N3O5/c1-20(2)8-7-11-15(29-20)6-5-12-16(11)23-19(27)21(12,28)10-13-18(26)24-9-3-4-14(24)17(25)22-13/h5-8,13-14,28H,3-4,9-10H2,1-2H3,(H,22,25)(H,23,27)/t13-,14-,21+/m0/s1. The summed E-state index contributed by atoms with van der Waals surface area (Å²) < 4.78 is 5.94. The Bertz CT molecular complexity index is 985. The molecule has 0 bridgehead atoms. The van der Waals surface area contributed by atoms with E-state index in [1.807, 2.05) is 26.0 Å². The van der Waals surface area contributed by atoms with Gasteiger partial charge in [0.25, 0.3) is 5.91 Å². The molecule has 2 fully saturated rings. The normalized spacial score (nSPS) is 31.6. The van der Waals surface area contributed by atoms with Crippen molar-refractivity contribution < 1.29 is 24.2 Å². The van der Waals surface area contributed by atoms with Crippen molar-refractivity contribution in [1.29, 1.82) is 0 Å². The number of nitrogens with one attached hydrogen (secondary N) is 2. The lowest BCUT2D eigenvalue weighted by Gasteiger charge is -2.37. The summed E-state index contributed by atoms with van der Waals surface area (Å²) in [6.45, 7) is 4.38. The number of aliphatic hydroxyl groups is 1. The minimum absolute atomic E-state index is 0.214. The lowest BCUT2D eigenvalue weighted by atomic mass is 9.85. The molecule has 152 valence electrons. The quantitative estimate of drug-likeness (QED) is 0.687. The maximum absolute atomic E-state index is 12.8. The maximum Gasteiger partial charge on any atom is 0.261 e. The highest BCUT2D eigenvalue weighted by Crippen LogP contribution is 2.46. The Morgan fingerprint density at radius 1 is 1.28 bits per heavy atom. The number of carbonyl (C=O) groups is 3. The van der Waals surface area contributed by atoms with Crippen LogP contribution in [-0.4, -0.2) is 52.0 Å². The van der Waals surface area contributed by atoms with Gasteiger partial charge in [0.05, 0.1) is 5.69 Å². The van der Waals surface area contributed by atoms with Crippen molar-refractivity contribution in [3.05, 3.63) is 29.3 Å². The molecule has 3 atom stereocenters. The Morgan fingerprint density at radius 2 is 2.07 bits per heavy atom. The van der Waals surface area contributed by atoms with Gasteiger partial charge in [-0.1, -0.05) is 0 Å². The molecule has 0 unspecified atom stereocenters. The molecule has 4 aliphatic rings. The van der Waals surface area contributed by atoms with Gasteiger partial charge in [0.2, 0.25) is 11.8 Å². The summed E-state index contributed by atoms with van der Waals surface area (Å²) in [5, 5.41) is 16.8. The summed E-state index contributed by atoms with van der Waals surface area (Å²) in [7, 11) is 0. The number of fused-ring (bicyclic) bond motifs is 4. The number of hydrogen-bond acceptors (Lipinski definition) is 5. The fourth-order valence-corrected chi connectivity index (χ4v) is 4.74. The zero-order chi connectivity index (χ0) is 20.6. The second-order valence-corrected chi connectivity index (χ2v) is 8.71. The molecule has 0 saturated carbocycles. The van der Waals surface area contributed by atoms with Gasteiger partial charge in [0, 0.05) is 24.1 Å². The van der Waals surface area contributed by atoms with E-state index in [2.05, 4.69) is 10.6 Å². The fraction of sp³-hybridized carbons (Fsp3) is 0.476. The summed E-state index contributed by atoms with van der Waals surface area (Å²) in [6.07, 6.45) is 4.96. The molecule has 5 rings (SSSR count). The van der Waals surface area contributed by atoms with Crippen LogP contribution in [0.5, 0.6) is 5.75 Å². The number of anilines is 1. The molecule has 8 nitrogen and oxygen atoms in total. The summed E-state index contributed by atoms with van der Waals surface area (Å²) in [4.78, 5) is 39.6. The van der Waals surface area contributed by atoms with Crippen LogP contribution >= 0.6 is 0 Å². The predicted octanol–water partition coefficient (Wildman–Crippen LogP) is 0.890. The molecule has 0 spiro atoms. The van der Waals surface area contributed by atoms with Crippen molar-refractivity contribution in [2.24, 2.45) is 0 Å². The van der Waals surface area contributed by atoms with Crippen LogP contribution in [0.4, 0.5) is 5.69 Å². The zero-order valence-corrected chi connectivity index (χ0v) is 16.3. The molecule has 3 N–H and O–H groups in total. The third kappa shape index (κ3) is 2.58. The first-order chi connectivity index (χ1) is 13.7. The molecule has 29 heavy (non-hydrogen) atoms. The van der Waals surface area contributed by atoms with Gasteiger partial charge in [0.15, 0.2) is 5.60 Å². The van der Waals surface area contributed by atoms with Crippen molar-refractivity contribution >= 4 is 29.5 Å². The Hall–Kier alpha value is -2.87. The average molecular weight is 397 g/mol. The van der Waals surface area contributed by atoms with E-state index in [0.29, 0.717) is 35.5 Å². The highest BCUT2D eigenvalue weighted by molar-refractivity contribution is 6.08. The summed E-state index contributed by atoms with van der Waals surface area (Å²) in [5.74, 6) is -0.462. The number of nitrogens with zero attached hydrogens (tertiary/aromatic N) is 1. The van der Waals surface area contributed by atoms with Crippen LogP contribution in [0.25, 0.3) is 6.08 Å². The van der Waals surface area contributed by atoms with Crippen LogP contribution in [0.15, 0.2) is 18.2 Å². The number of ether oxygens (including phenoxy) is 1. The zero-order valence-electron chi connectivity index (χ0n) is 16.3. The van der Waals surface area contributed by atoms with E-state index in [9.17, 15) is 19.5 Å². The minimum atomic E-state index is -1.91. The summed E-state index contributed by atoms with van der Waals surface area (Å²) in [6, 6.07) is 1.99. The average Bonchev–Trinajstić information content (AvgIpc) is 3.23. The molecule has 2 saturated heterocycles. The molecule has 4 heterocycles. The number of carbonyl (C=O) groups excluding carboxylic acids is 3. The van der Waals surface area contributed by atoms with Crippen molar-refractivity contribution in [2.75, 3.05) is 11.9 Å². The monoisotopic (exact) mass is 397 g/mol. The minimum Gasteiger partial charge on any atom is -0.483 e. The van der Waals surface area contributed by atoms with Crippen LogP contribution in [-0.2, 0) is 20.0 Å². The lowest BCUT2D eigenvalue weighted by Crippen LogP contribution is -2.62. The van der Waals surface area contributed by atoms with E-state index < -0.39 is 29.2 Å². The Morgan fingerprint density at radius 3 is 2.86 bits per heavy atom. The van der Waals surface area contributed by atoms with Crippen molar-refractivity contribution in [3.8, 4) is 5.75 Å². The van der Waals surface area contributed by atoms with Crippen molar-refractivity contribution in [3.63, 3.8) is 0 Å². The lowest BCUT2D eigenvalue weighted by molar-refractivity contribution is -0.151. The second-order valence-electron chi connectivity index (χ2n) is 8.71. The molecule has 4 aliphatic heterocycles. The maximum atomic E-state index is 12.8. The smallest absolute Gasteiger partial charge is 0.261 e. The van der Waals surface area contributed by atoms with Gasteiger partial charge in [-0.15, -0.1) is 0 Å². The predicted molar refractivity (Wildman–Crippen MR) is 104 cm³/mol. The van der Waals surface area contributed by atoms with E-state index in [4.69, 9.17) is 4.74 Å². The summed E-state index contributed by atoms with van der Waals surface area (Å²) >= 11 is 0. The van der Waals surface area contributed by atoms with Gasteiger partial charge in [-0.05, 0) is 51.0 Å². The fourth-order valence-electron chi connectivity index (χ4n) is 4.74. The number of benzene rings is 1. The first kappa shape index (κ1) is 18.2. The van der Waals surface area contributed by atoms with Crippen LogP contribution < -0.4 is 15.4 Å². The van der Waals surface area contributed by atoms with Crippen LogP contribution in [0.3, 0.4) is 0 Å². The van der Waals surface area contributed by atoms with E-state index in [-0.39, 0.29) is 18.2 Å². The topological polar surface area (TPSA) is 108 Å². The second kappa shape index (κ2) is 5.82. The molecule has 1 aromatic rings. The van der Waals surface area contributed by atoms with E-state index in [1.54, 1.807) is 17.0 Å². The van der Waals surface area contributed by atoms with Gasteiger partial charge in [-0.2, -0.15) is 0 Å². The molecule has 8 heteroatoms. The Kier molecular flexibility index (Phi) is 3.65. The summed E-state index contributed by atoms with van der Waals surface area (Å²) in [5.41, 5.74) is -0.823. The highest BCUT2D eigenvalue weighted by Gasteiger charge is 2.52. The third-order valence-electron chi connectivity index (χ3n) is 6.24. The molecule has 0 radical (unpaired) electrons. The number of piperazine rings is 1. The first-order valence-corrected chi connectivity index (χ1v) is 9.90. The number of hydrogen-bond donors (Lipinski definition) is 3. The highest BCUT2D eigenvalue weighted by atomic mass is 16.5. The van der Waals surface area contributed by atoms with Gasteiger partial charge >= 0.3 is 0 Å². The first-order valence-electron chi connectivity index (χ1n) is 9.90. The van der Waals surface area contributed by atoms with E-state index >= 15 is 0 Å². The van der Waals surface area contributed by atoms with Gasteiger partial charge in [-0.3, -0.25) is 14.4 Å². The van der Waals surface area contributed by atoms with Gasteiger partial charge < -0.3 is 25.4 Å². The number of amides is 3. The van der Waals surface area contributed by atoms with Crippen LogP contribution in [0.1, 0.15) is 44.2 Å². The SMILES string of the molecule is CC1(C)C=Cc2c(ccc3c2NC(=O)[C@@]3(O)C[C@@H]2NC(=O)[C@@H]3CCCN3C2=O)O1. The van der Waals surface area contributed by atoms with Crippen LogP contribution in [0.2, 0.25) is 0 Å². The van der Waals surface area contributed by atoms with E-state index in [1.165, 1.54) is 0 Å². The van der Waals surface area contributed by atoms with Gasteiger partial charge in [-0.25, -0.2) is 0 Å². The van der Waals surface area contributed by atoms with Crippen molar-refractivity contribution in [1.82, 2.24) is 10.2 Å². The van der Waals surface area contributed by atoms with Gasteiger partial charge in [0.1, 0.15) is 23.4 Å². The molecular weight excluding hydrogens is 374 g/mol. The van der Waals surface area contributed by atoms with E-state index in [0.717, 1.165) is 6.42 Å². The number of rotatable bonds is 2. The Balaban J connectivity index is 1.49. The Labute approximate surface area is 167 Å². The molecular formula is C21H23N3O5. The van der Waals surface area contributed by atoms with Crippen LogP contribution in [0, 0.1) is 0 Å². The molecule has 0 aromatic heterocycles. The largest absolute Gasteiger partial charge is 0.483 e. The van der Waals surface area contributed by atoms with Crippen molar-refractivity contribution in [2.45, 2.75) is 56.4 Å². The molecule has 0 aliphatic carbocycles. The third-order valence-corrected chi connectivity index (χ3v) is 6.24.